The highest BCUT2D eigenvalue weighted by molar-refractivity contribution is 7.99. The molecule has 1 aromatic carbocycles. The van der Waals surface area contributed by atoms with Gasteiger partial charge in [-0.25, -0.2) is 0 Å². The normalized spacial score (nSPS) is 11.2. The Morgan fingerprint density at radius 2 is 2.00 bits per heavy atom. The molecule has 0 bridgehead atoms. The molecule has 0 amide bonds. The van der Waals surface area contributed by atoms with Crippen LogP contribution in [0.1, 0.15) is 24.5 Å². The molecule has 3 aromatic rings. The Balaban J connectivity index is 2.15. The number of rotatable bonds is 4. The molecule has 0 unspecified atom stereocenters. The van der Waals surface area contributed by atoms with E-state index in [1.807, 2.05) is 38.2 Å². The number of thioether (sulfide) groups is 1. The summed E-state index contributed by atoms with van der Waals surface area (Å²) < 4.78 is 3.41. The fourth-order valence-electron chi connectivity index (χ4n) is 2.34. The van der Waals surface area contributed by atoms with E-state index in [0.29, 0.717) is 5.65 Å². The van der Waals surface area contributed by atoms with Crippen LogP contribution in [0.5, 0.6) is 0 Å². The van der Waals surface area contributed by atoms with Crippen molar-refractivity contribution in [3.8, 4) is 5.69 Å². The summed E-state index contributed by atoms with van der Waals surface area (Å²) in [4.78, 5) is 12.7. The molecule has 5 nitrogen and oxygen atoms in total. The third kappa shape index (κ3) is 2.43. The van der Waals surface area contributed by atoms with Crippen molar-refractivity contribution in [3.05, 3.63) is 52.1 Å². The minimum absolute atomic E-state index is 0.146. The van der Waals surface area contributed by atoms with Crippen molar-refractivity contribution in [2.45, 2.75) is 32.3 Å². The molecule has 0 saturated carbocycles. The van der Waals surface area contributed by atoms with Gasteiger partial charge in [-0.1, -0.05) is 30.8 Å². The molecular formula is C16H18N4OS. The third-order valence-electron chi connectivity index (χ3n) is 3.71. The van der Waals surface area contributed by atoms with Crippen molar-refractivity contribution in [3.63, 3.8) is 0 Å². The van der Waals surface area contributed by atoms with Crippen LogP contribution in [0.15, 0.2) is 40.5 Å². The minimum atomic E-state index is -0.146. The number of aromatic nitrogens is 4. The summed E-state index contributed by atoms with van der Waals surface area (Å²) >= 11 is 1.61. The molecule has 0 aliphatic carbocycles. The van der Waals surface area contributed by atoms with E-state index in [4.69, 9.17) is 0 Å². The van der Waals surface area contributed by atoms with Crippen molar-refractivity contribution in [2.24, 2.45) is 0 Å². The summed E-state index contributed by atoms with van der Waals surface area (Å²) in [7, 11) is 0. The van der Waals surface area contributed by atoms with Crippen molar-refractivity contribution in [2.75, 3.05) is 5.75 Å². The average molecular weight is 314 g/mol. The number of benzene rings is 1. The van der Waals surface area contributed by atoms with E-state index < -0.39 is 0 Å². The van der Waals surface area contributed by atoms with Crippen molar-refractivity contribution >= 4 is 17.4 Å². The summed E-state index contributed by atoms with van der Waals surface area (Å²) in [6.07, 6.45) is 4.70. The van der Waals surface area contributed by atoms with E-state index in [1.165, 1.54) is 0 Å². The lowest BCUT2D eigenvalue weighted by Crippen LogP contribution is -2.21. The van der Waals surface area contributed by atoms with Crippen LogP contribution in [0.3, 0.4) is 0 Å². The van der Waals surface area contributed by atoms with Gasteiger partial charge in [0.15, 0.2) is 5.16 Å². The fourth-order valence-corrected chi connectivity index (χ4v) is 3.12. The van der Waals surface area contributed by atoms with E-state index in [0.717, 1.165) is 34.1 Å². The number of hydrogen-bond donors (Lipinski definition) is 0. The van der Waals surface area contributed by atoms with Gasteiger partial charge in [0.05, 0.1) is 5.69 Å². The zero-order valence-electron chi connectivity index (χ0n) is 12.9. The second kappa shape index (κ2) is 5.96. The maximum absolute atomic E-state index is 12.7. The van der Waals surface area contributed by atoms with E-state index >= 15 is 0 Å². The summed E-state index contributed by atoms with van der Waals surface area (Å²) in [6, 6.07) is 5.95. The average Bonchev–Trinajstić information content (AvgIpc) is 2.93. The lowest BCUT2D eigenvalue weighted by Gasteiger charge is -2.11. The predicted octanol–water partition coefficient (Wildman–Crippen LogP) is 3.00. The lowest BCUT2D eigenvalue weighted by molar-refractivity contribution is 0.888. The van der Waals surface area contributed by atoms with Gasteiger partial charge in [-0.2, -0.15) is 0 Å². The van der Waals surface area contributed by atoms with Gasteiger partial charge in [-0.05, 0) is 37.5 Å². The molecule has 3 rings (SSSR count). The monoisotopic (exact) mass is 314 g/mol. The van der Waals surface area contributed by atoms with Gasteiger partial charge in [0.25, 0.3) is 0 Å². The van der Waals surface area contributed by atoms with Gasteiger partial charge in [-0.3, -0.25) is 13.8 Å². The largest absolute Gasteiger partial charge is 0.300 e. The van der Waals surface area contributed by atoms with Crippen LogP contribution in [0.25, 0.3) is 11.3 Å². The third-order valence-corrected chi connectivity index (χ3v) is 4.86. The highest BCUT2D eigenvalue weighted by Gasteiger charge is 2.13. The number of nitrogens with zero attached hydrogens (tertiary/aromatic N) is 4. The zero-order valence-corrected chi connectivity index (χ0v) is 13.7. The summed E-state index contributed by atoms with van der Waals surface area (Å²) in [6.45, 7) is 6.18. The highest BCUT2D eigenvalue weighted by atomic mass is 32.2. The topological polar surface area (TPSA) is 52.2 Å². The molecule has 0 fully saturated rings. The van der Waals surface area contributed by atoms with Gasteiger partial charge in [0.1, 0.15) is 0 Å². The molecule has 0 radical (unpaired) electrons. The Morgan fingerprint density at radius 3 is 2.77 bits per heavy atom. The molecule has 0 N–H and O–H groups in total. The number of hydrogen-bond acceptors (Lipinski definition) is 4. The van der Waals surface area contributed by atoms with E-state index in [-0.39, 0.29) is 5.56 Å². The quantitative estimate of drug-likeness (QED) is 0.695. The van der Waals surface area contributed by atoms with Crippen LogP contribution in [0.2, 0.25) is 0 Å². The molecule has 6 heteroatoms. The second-order valence-electron chi connectivity index (χ2n) is 5.22. The first-order valence-electron chi connectivity index (χ1n) is 7.29. The second-order valence-corrected chi connectivity index (χ2v) is 6.28. The molecule has 0 saturated heterocycles. The Labute approximate surface area is 133 Å². The maximum Gasteiger partial charge on any atom is 0.300 e. The van der Waals surface area contributed by atoms with Gasteiger partial charge in [-0.15, -0.1) is 10.2 Å². The summed E-state index contributed by atoms with van der Waals surface area (Å²) in [5, 5.41) is 8.96. The molecule has 114 valence electrons. The predicted molar refractivity (Wildman–Crippen MR) is 89.1 cm³/mol. The first-order chi connectivity index (χ1) is 10.6. The Kier molecular flexibility index (Phi) is 4.02. The molecule has 0 atom stereocenters. The number of fused-ring (bicyclic) bond motifs is 1. The molecule has 0 aliphatic heterocycles. The van der Waals surface area contributed by atoms with Crippen LogP contribution >= 0.6 is 11.8 Å². The van der Waals surface area contributed by atoms with Crippen molar-refractivity contribution < 1.29 is 0 Å². The Bertz CT molecular complexity index is 881. The molecule has 0 spiro atoms. The SMILES string of the molecule is CCCSc1nnc2c(=O)n(-c3cccc(C)c3C)ccn12. The van der Waals surface area contributed by atoms with E-state index in [2.05, 4.69) is 17.1 Å². The number of aryl methyl sites for hydroxylation is 1. The van der Waals surface area contributed by atoms with Gasteiger partial charge >= 0.3 is 5.56 Å². The van der Waals surface area contributed by atoms with E-state index in [1.54, 1.807) is 26.9 Å². The Hall–Kier alpha value is -2.08. The van der Waals surface area contributed by atoms with Crippen LogP contribution in [-0.4, -0.2) is 24.9 Å². The minimum Gasteiger partial charge on any atom is -0.279 e. The van der Waals surface area contributed by atoms with Gasteiger partial charge < -0.3 is 0 Å². The molecule has 0 aliphatic rings. The molecule has 22 heavy (non-hydrogen) atoms. The van der Waals surface area contributed by atoms with Crippen molar-refractivity contribution in [1.82, 2.24) is 19.2 Å². The van der Waals surface area contributed by atoms with Crippen molar-refractivity contribution in [1.29, 1.82) is 0 Å². The van der Waals surface area contributed by atoms with Gasteiger partial charge in [0.2, 0.25) is 5.65 Å². The van der Waals surface area contributed by atoms with E-state index in [9.17, 15) is 4.79 Å². The molecular weight excluding hydrogens is 296 g/mol. The standard InChI is InChI=1S/C16H18N4OS/c1-4-10-22-16-18-17-14-15(21)19(8-9-20(14)16)13-7-5-6-11(2)12(13)3/h5-9H,4,10H2,1-3H3. The zero-order chi connectivity index (χ0) is 15.7. The fraction of sp³-hybridized carbons (Fsp3) is 0.312. The maximum atomic E-state index is 12.7. The molecule has 2 heterocycles. The smallest absolute Gasteiger partial charge is 0.279 e. The van der Waals surface area contributed by atoms with Crippen LogP contribution < -0.4 is 5.56 Å². The Morgan fingerprint density at radius 1 is 1.18 bits per heavy atom. The van der Waals surface area contributed by atoms with Gasteiger partial charge in [0, 0.05) is 18.1 Å². The van der Waals surface area contributed by atoms with Crippen LogP contribution in [-0.2, 0) is 0 Å². The molecule has 2 aromatic heterocycles. The highest BCUT2D eigenvalue weighted by Crippen LogP contribution is 2.18. The first kappa shape index (κ1) is 14.8. The van der Waals surface area contributed by atoms with Crippen LogP contribution in [0, 0.1) is 13.8 Å². The summed E-state index contributed by atoms with van der Waals surface area (Å²) in [5.74, 6) is 0.959. The van der Waals surface area contributed by atoms with Crippen LogP contribution in [0.4, 0.5) is 0 Å². The summed E-state index contributed by atoms with van der Waals surface area (Å²) in [5.41, 5.74) is 3.35. The lowest BCUT2D eigenvalue weighted by atomic mass is 10.1. The first-order valence-corrected chi connectivity index (χ1v) is 8.28.